The normalized spacial score (nSPS) is 10.6. The first-order valence-electron chi connectivity index (χ1n) is 5.05. The summed E-state index contributed by atoms with van der Waals surface area (Å²) in [5.74, 6) is 1.61. The monoisotopic (exact) mass is 254 g/mol. The van der Waals surface area contributed by atoms with E-state index in [1.807, 2.05) is 6.92 Å². The van der Waals surface area contributed by atoms with E-state index in [9.17, 15) is 0 Å². The molecule has 0 saturated carbocycles. The lowest BCUT2D eigenvalue weighted by Crippen LogP contribution is -2.08. The molecule has 0 aliphatic carbocycles. The van der Waals surface area contributed by atoms with E-state index in [0.29, 0.717) is 24.2 Å². The van der Waals surface area contributed by atoms with E-state index in [0.717, 1.165) is 0 Å². The van der Waals surface area contributed by atoms with Gasteiger partial charge in [-0.1, -0.05) is 0 Å². The minimum absolute atomic E-state index is 0.0611. The maximum atomic E-state index is 5.79. The molecular formula is C9H11ClN6O. The van der Waals surface area contributed by atoms with E-state index in [-0.39, 0.29) is 11.3 Å². The van der Waals surface area contributed by atoms with Gasteiger partial charge in [-0.3, -0.25) is 0 Å². The minimum atomic E-state index is 0.0611. The van der Waals surface area contributed by atoms with Crippen molar-refractivity contribution in [2.75, 3.05) is 6.61 Å². The van der Waals surface area contributed by atoms with Crippen molar-refractivity contribution in [3.63, 3.8) is 0 Å². The van der Waals surface area contributed by atoms with Crippen LogP contribution in [0.1, 0.15) is 18.6 Å². The van der Waals surface area contributed by atoms with Gasteiger partial charge in [0.25, 0.3) is 5.95 Å². The van der Waals surface area contributed by atoms with Crippen molar-refractivity contribution < 1.29 is 4.74 Å². The highest BCUT2D eigenvalue weighted by Gasteiger charge is 2.11. The quantitative estimate of drug-likeness (QED) is 0.817. The number of rotatable bonds is 3. The Labute approximate surface area is 103 Å². The van der Waals surface area contributed by atoms with Crippen molar-refractivity contribution in [3.8, 4) is 12.0 Å². The molecule has 0 aliphatic heterocycles. The summed E-state index contributed by atoms with van der Waals surface area (Å²) in [6.07, 6.45) is 0. The topological polar surface area (TPSA) is 78.6 Å². The molecule has 2 aromatic heterocycles. The first kappa shape index (κ1) is 11.7. The Morgan fingerprint density at radius 3 is 2.53 bits per heavy atom. The second-order valence-electron chi connectivity index (χ2n) is 3.24. The maximum Gasteiger partial charge on any atom is 0.322 e. The van der Waals surface area contributed by atoms with E-state index < -0.39 is 0 Å². The lowest BCUT2D eigenvalue weighted by Gasteiger charge is -2.04. The number of aryl methyl sites for hydroxylation is 2. The summed E-state index contributed by atoms with van der Waals surface area (Å²) < 4.78 is 6.68. The SMILES string of the molecule is CCOc1nc(Cl)nc(-n2nc(C)nc2C)n1. The predicted molar refractivity (Wildman–Crippen MR) is 60.4 cm³/mol. The molecule has 0 unspecified atom stereocenters. The summed E-state index contributed by atoms with van der Waals surface area (Å²) in [6.45, 7) is 5.88. The molecule has 0 fully saturated rings. The van der Waals surface area contributed by atoms with Gasteiger partial charge >= 0.3 is 6.01 Å². The van der Waals surface area contributed by atoms with Crippen LogP contribution in [0.5, 0.6) is 6.01 Å². The highest BCUT2D eigenvalue weighted by Crippen LogP contribution is 2.12. The summed E-state index contributed by atoms with van der Waals surface area (Å²) in [5.41, 5.74) is 0. The Balaban J connectivity index is 2.48. The number of nitrogens with zero attached hydrogens (tertiary/aromatic N) is 6. The van der Waals surface area contributed by atoms with Crippen molar-refractivity contribution in [2.45, 2.75) is 20.8 Å². The van der Waals surface area contributed by atoms with Gasteiger partial charge in [0.1, 0.15) is 11.6 Å². The van der Waals surface area contributed by atoms with Crippen LogP contribution in [0, 0.1) is 13.8 Å². The van der Waals surface area contributed by atoms with Crippen molar-refractivity contribution in [1.29, 1.82) is 0 Å². The Kier molecular flexibility index (Phi) is 3.19. The van der Waals surface area contributed by atoms with Gasteiger partial charge in [0.2, 0.25) is 5.28 Å². The molecule has 17 heavy (non-hydrogen) atoms. The van der Waals surface area contributed by atoms with Crippen molar-refractivity contribution in [1.82, 2.24) is 29.7 Å². The first-order chi connectivity index (χ1) is 8.10. The van der Waals surface area contributed by atoms with Gasteiger partial charge in [0, 0.05) is 0 Å². The fourth-order valence-corrected chi connectivity index (χ4v) is 1.47. The van der Waals surface area contributed by atoms with Crippen molar-refractivity contribution in [3.05, 3.63) is 16.9 Å². The third-order valence-electron chi connectivity index (χ3n) is 1.91. The van der Waals surface area contributed by atoms with E-state index in [2.05, 4.69) is 25.0 Å². The van der Waals surface area contributed by atoms with Crippen LogP contribution in [0.15, 0.2) is 0 Å². The second-order valence-corrected chi connectivity index (χ2v) is 3.58. The van der Waals surface area contributed by atoms with E-state index in [1.54, 1.807) is 13.8 Å². The highest BCUT2D eigenvalue weighted by molar-refractivity contribution is 6.28. The molecule has 0 spiro atoms. The standard InChI is InChI=1S/C9H11ClN6O/c1-4-17-9-13-7(10)12-8(14-9)16-6(3)11-5(2)15-16/h4H2,1-3H3. The fourth-order valence-electron chi connectivity index (χ4n) is 1.32. The van der Waals surface area contributed by atoms with E-state index in [1.165, 1.54) is 4.68 Å². The van der Waals surface area contributed by atoms with Gasteiger partial charge < -0.3 is 4.74 Å². The molecule has 2 heterocycles. The molecule has 0 saturated heterocycles. The molecule has 0 aliphatic rings. The van der Waals surface area contributed by atoms with Gasteiger partial charge in [0.05, 0.1) is 6.61 Å². The third kappa shape index (κ3) is 2.50. The van der Waals surface area contributed by atoms with Crippen LogP contribution in [0.2, 0.25) is 5.28 Å². The van der Waals surface area contributed by atoms with Crippen molar-refractivity contribution >= 4 is 11.6 Å². The molecule has 0 radical (unpaired) electrons. The molecule has 0 aromatic carbocycles. The molecule has 2 aromatic rings. The Morgan fingerprint density at radius 1 is 1.18 bits per heavy atom. The lowest BCUT2D eigenvalue weighted by molar-refractivity contribution is 0.310. The maximum absolute atomic E-state index is 5.79. The zero-order chi connectivity index (χ0) is 12.4. The van der Waals surface area contributed by atoms with Crippen molar-refractivity contribution in [2.24, 2.45) is 0 Å². The molecule has 8 heteroatoms. The molecule has 7 nitrogen and oxygen atoms in total. The van der Waals surface area contributed by atoms with E-state index >= 15 is 0 Å². The molecule has 0 bridgehead atoms. The highest BCUT2D eigenvalue weighted by atomic mass is 35.5. The molecule has 0 atom stereocenters. The van der Waals surface area contributed by atoms with Gasteiger partial charge in [-0.2, -0.15) is 19.6 Å². The average molecular weight is 255 g/mol. The fraction of sp³-hybridized carbons (Fsp3) is 0.444. The Hall–Kier alpha value is -1.76. The smallest absolute Gasteiger partial charge is 0.322 e. The average Bonchev–Trinajstić information content (AvgIpc) is 2.57. The first-order valence-corrected chi connectivity index (χ1v) is 5.43. The molecule has 0 N–H and O–H groups in total. The summed E-state index contributed by atoms with van der Waals surface area (Å²) in [6, 6.07) is 0.176. The Bertz CT molecular complexity index is 540. The zero-order valence-electron chi connectivity index (χ0n) is 9.68. The number of hydrogen-bond donors (Lipinski definition) is 0. The molecular weight excluding hydrogens is 244 g/mol. The van der Waals surface area contributed by atoms with Crippen LogP contribution in [0.3, 0.4) is 0 Å². The summed E-state index contributed by atoms with van der Waals surface area (Å²) >= 11 is 5.79. The van der Waals surface area contributed by atoms with E-state index in [4.69, 9.17) is 16.3 Å². The Morgan fingerprint density at radius 2 is 1.94 bits per heavy atom. The van der Waals surface area contributed by atoms with Crippen LogP contribution in [0.4, 0.5) is 0 Å². The second kappa shape index (κ2) is 4.62. The number of hydrogen-bond acceptors (Lipinski definition) is 6. The number of ether oxygens (including phenoxy) is 1. The zero-order valence-corrected chi connectivity index (χ0v) is 10.4. The molecule has 0 amide bonds. The molecule has 90 valence electrons. The van der Waals surface area contributed by atoms with Gasteiger partial charge in [-0.15, -0.1) is 5.10 Å². The molecule has 2 rings (SSSR count). The van der Waals surface area contributed by atoms with Gasteiger partial charge in [-0.25, -0.2) is 4.98 Å². The predicted octanol–water partition coefficient (Wildman–Crippen LogP) is 1.12. The van der Waals surface area contributed by atoms with Crippen LogP contribution >= 0.6 is 11.6 Å². The minimum Gasteiger partial charge on any atom is -0.464 e. The number of halogens is 1. The number of aromatic nitrogens is 6. The van der Waals surface area contributed by atoms with Gasteiger partial charge in [-0.05, 0) is 32.4 Å². The summed E-state index contributed by atoms with van der Waals surface area (Å²) in [5, 5.41) is 4.22. The van der Waals surface area contributed by atoms with Crippen LogP contribution in [-0.4, -0.2) is 36.3 Å². The summed E-state index contributed by atoms with van der Waals surface area (Å²) in [4.78, 5) is 16.1. The van der Waals surface area contributed by atoms with Crippen LogP contribution in [-0.2, 0) is 0 Å². The largest absolute Gasteiger partial charge is 0.464 e. The summed E-state index contributed by atoms with van der Waals surface area (Å²) in [7, 11) is 0. The lowest BCUT2D eigenvalue weighted by atomic mass is 10.7. The van der Waals surface area contributed by atoms with Crippen LogP contribution < -0.4 is 4.74 Å². The van der Waals surface area contributed by atoms with Crippen LogP contribution in [0.25, 0.3) is 5.95 Å². The van der Waals surface area contributed by atoms with Gasteiger partial charge in [0.15, 0.2) is 0 Å². The third-order valence-corrected chi connectivity index (χ3v) is 2.08.